The van der Waals surface area contributed by atoms with Crippen LogP contribution in [0.5, 0.6) is 0 Å². The first-order valence-electron chi connectivity index (χ1n) is 3.34. The van der Waals surface area contributed by atoms with E-state index in [0.717, 1.165) is 11.3 Å². The molecule has 0 aliphatic rings. The molecular weight excluding hydrogens is 140 g/mol. The lowest BCUT2D eigenvalue weighted by Crippen LogP contribution is -2.03. The topological polar surface area (TPSA) is 40.2 Å². The molecule has 3 heteroatoms. The minimum absolute atomic E-state index is 0.894. The molecule has 1 heterocycles. The summed E-state index contributed by atoms with van der Waals surface area (Å²) in [7, 11) is 0. The van der Waals surface area contributed by atoms with Crippen molar-refractivity contribution in [2.45, 2.75) is 0 Å². The van der Waals surface area contributed by atoms with Gasteiger partial charge in [0, 0.05) is 0 Å². The summed E-state index contributed by atoms with van der Waals surface area (Å²) >= 11 is 0. The third-order valence-electron chi connectivity index (χ3n) is 1.47. The van der Waals surface area contributed by atoms with Gasteiger partial charge in [-0.1, -0.05) is 23.3 Å². The van der Waals surface area contributed by atoms with Crippen LogP contribution in [0.15, 0.2) is 41.1 Å². The van der Waals surface area contributed by atoms with Crippen molar-refractivity contribution < 1.29 is 9.62 Å². The van der Waals surface area contributed by atoms with Crippen LogP contribution in [0.3, 0.4) is 0 Å². The molecule has 54 valence electrons. The zero-order chi connectivity index (χ0) is 7.52. The van der Waals surface area contributed by atoms with Gasteiger partial charge in [-0.25, -0.2) is 0 Å². The fraction of sp³-hybridized carbons (Fsp3) is 0. The number of rotatable bonds is 1. The average Bonchev–Trinajstić information content (AvgIpc) is 2.58. The van der Waals surface area contributed by atoms with Gasteiger partial charge < -0.3 is 4.52 Å². The van der Waals surface area contributed by atoms with Crippen molar-refractivity contribution in [2.75, 3.05) is 0 Å². The van der Waals surface area contributed by atoms with Crippen molar-refractivity contribution in [3.63, 3.8) is 0 Å². The molecule has 0 unspecified atom stereocenters. The summed E-state index contributed by atoms with van der Waals surface area (Å²) in [4.78, 5) is 0. The van der Waals surface area contributed by atoms with Crippen molar-refractivity contribution in [1.82, 2.24) is 5.27 Å². The number of hydrogen-bond acceptors (Lipinski definition) is 2. The molecule has 0 aliphatic carbocycles. The highest BCUT2D eigenvalue weighted by Crippen LogP contribution is 2.11. The van der Waals surface area contributed by atoms with Crippen LogP contribution in [0.2, 0.25) is 0 Å². The third-order valence-corrected chi connectivity index (χ3v) is 1.47. The molecular formula is C8H7N2O+. The molecule has 0 radical (unpaired) electrons. The van der Waals surface area contributed by atoms with Crippen LogP contribution in [0.25, 0.3) is 11.3 Å². The first-order valence-corrected chi connectivity index (χ1v) is 3.34. The number of aromatic amines is 1. The molecule has 0 fully saturated rings. The number of hydrogen-bond donors (Lipinski definition) is 0. The van der Waals surface area contributed by atoms with E-state index in [4.69, 9.17) is 0 Å². The fourth-order valence-corrected chi connectivity index (χ4v) is 0.931. The van der Waals surface area contributed by atoms with E-state index in [1.807, 2.05) is 30.3 Å². The van der Waals surface area contributed by atoms with Gasteiger partial charge in [-0.2, -0.15) is 0 Å². The van der Waals surface area contributed by atoms with Gasteiger partial charge in [0.1, 0.15) is 0 Å². The van der Waals surface area contributed by atoms with Gasteiger partial charge in [0.05, 0.1) is 5.56 Å². The van der Waals surface area contributed by atoms with E-state index in [9.17, 15) is 0 Å². The van der Waals surface area contributed by atoms with Gasteiger partial charge in [-0.05, 0) is 12.1 Å². The molecule has 0 amide bonds. The molecule has 3 nitrogen and oxygen atoms in total. The maximum absolute atomic E-state index is 4.66. The van der Waals surface area contributed by atoms with Crippen LogP contribution in [-0.2, 0) is 0 Å². The molecule has 0 atom stereocenters. The van der Waals surface area contributed by atoms with Crippen LogP contribution in [0.1, 0.15) is 0 Å². The Morgan fingerprint density at radius 2 is 2.00 bits per heavy atom. The maximum atomic E-state index is 4.66. The molecule has 2 rings (SSSR count). The molecule has 11 heavy (non-hydrogen) atoms. The van der Waals surface area contributed by atoms with E-state index in [1.165, 1.54) is 0 Å². The van der Waals surface area contributed by atoms with E-state index < -0.39 is 0 Å². The Bertz CT molecular complexity index is 315. The number of aromatic nitrogens is 2. The Balaban J connectivity index is 2.46. The predicted molar refractivity (Wildman–Crippen MR) is 38.5 cm³/mol. The second-order valence-corrected chi connectivity index (χ2v) is 2.21. The molecule has 1 aromatic carbocycles. The van der Waals surface area contributed by atoms with E-state index >= 15 is 0 Å². The molecule has 0 aliphatic heterocycles. The minimum atomic E-state index is 0.894. The van der Waals surface area contributed by atoms with Crippen LogP contribution >= 0.6 is 0 Å². The Morgan fingerprint density at radius 3 is 2.64 bits per heavy atom. The zero-order valence-electron chi connectivity index (χ0n) is 5.82. The van der Waals surface area contributed by atoms with E-state index in [-0.39, 0.29) is 0 Å². The number of H-pyrrole nitrogens is 1. The Hall–Kier alpha value is -1.64. The van der Waals surface area contributed by atoms with Crippen molar-refractivity contribution in [3.05, 3.63) is 36.6 Å². The molecule has 1 aromatic heterocycles. The SMILES string of the molecule is c1ccc(-c2con[nH+]2)cc1. The lowest BCUT2D eigenvalue weighted by molar-refractivity contribution is -0.461. The van der Waals surface area contributed by atoms with Gasteiger partial charge >= 0.3 is 0 Å². The third kappa shape index (κ3) is 1.12. The first kappa shape index (κ1) is 6.09. The normalized spacial score (nSPS) is 9.82. The average molecular weight is 147 g/mol. The number of nitrogens with one attached hydrogen (secondary N) is 1. The van der Waals surface area contributed by atoms with Crippen molar-refractivity contribution in [1.29, 1.82) is 0 Å². The van der Waals surface area contributed by atoms with Gasteiger partial charge in [0.25, 0.3) is 5.69 Å². The molecule has 0 spiro atoms. The monoisotopic (exact) mass is 147 g/mol. The van der Waals surface area contributed by atoms with Gasteiger partial charge in [0.15, 0.2) is 5.27 Å². The predicted octanol–water partition coefficient (Wildman–Crippen LogP) is 1.16. The van der Waals surface area contributed by atoms with Crippen LogP contribution in [-0.4, -0.2) is 5.27 Å². The van der Waals surface area contributed by atoms with E-state index in [0.29, 0.717) is 0 Å². The lowest BCUT2D eigenvalue weighted by atomic mass is 10.2. The van der Waals surface area contributed by atoms with Crippen LogP contribution in [0.4, 0.5) is 0 Å². The summed E-state index contributed by atoms with van der Waals surface area (Å²) in [5, 5.41) is 6.24. The van der Waals surface area contributed by atoms with Crippen LogP contribution in [0, 0.1) is 0 Å². The second-order valence-electron chi connectivity index (χ2n) is 2.21. The Morgan fingerprint density at radius 1 is 1.18 bits per heavy atom. The van der Waals surface area contributed by atoms with Gasteiger partial charge in [-0.3, -0.25) is 0 Å². The summed E-state index contributed by atoms with van der Waals surface area (Å²) in [6, 6.07) is 9.88. The zero-order valence-corrected chi connectivity index (χ0v) is 5.82. The molecule has 0 saturated heterocycles. The largest absolute Gasteiger partial charge is 0.308 e. The summed E-state index contributed by atoms with van der Waals surface area (Å²) < 4.78 is 4.66. The highest BCUT2D eigenvalue weighted by Gasteiger charge is 2.05. The van der Waals surface area contributed by atoms with Crippen molar-refractivity contribution in [3.8, 4) is 11.3 Å². The van der Waals surface area contributed by atoms with Crippen molar-refractivity contribution in [2.24, 2.45) is 0 Å². The molecule has 2 aromatic rings. The van der Waals surface area contributed by atoms with E-state index in [1.54, 1.807) is 6.26 Å². The summed E-state index contributed by atoms with van der Waals surface area (Å²) in [5.74, 6) is 0. The summed E-state index contributed by atoms with van der Waals surface area (Å²) in [6.07, 6.45) is 1.58. The highest BCUT2D eigenvalue weighted by atomic mass is 16.5. The molecule has 0 bridgehead atoms. The second kappa shape index (κ2) is 2.54. The van der Waals surface area contributed by atoms with Gasteiger partial charge in [0.2, 0.25) is 6.26 Å². The lowest BCUT2D eigenvalue weighted by Gasteiger charge is -1.85. The Kier molecular flexibility index (Phi) is 1.41. The van der Waals surface area contributed by atoms with Crippen LogP contribution < -0.4 is 5.10 Å². The maximum Gasteiger partial charge on any atom is 0.277 e. The highest BCUT2D eigenvalue weighted by molar-refractivity contribution is 5.53. The molecule has 1 N–H and O–H groups in total. The standard InChI is InChI=1S/C8H6N2O/c1-2-4-7(5-3-1)8-6-11-10-9-8/h1-6H/p+1. The fourth-order valence-electron chi connectivity index (χ4n) is 0.931. The number of benzene rings is 1. The smallest absolute Gasteiger partial charge is 0.277 e. The Labute approximate surface area is 63.6 Å². The quantitative estimate of drug-likeness (QED) is 0.607. The van der Waals surface area contributed by atoms with E-state index in [2.05, 4.69) is 14.9 Å². The number of nitrogens with zero attached hydrogens (tertiary/aromatic N) is 1. The molecule has 0 saturated carbocycles. The van der Waals surface area contributed by atoms with Gasteiger partial charge in [-0.15, -0.1) is 0 Å². The first-order chi connectivity index (χ1) is 5.47. The minimum Gasteiger partial charge on any atom is -0.308 e. The summed E-state index contributed by atoms with van der Waals surface area (Å²) in [6.45, 7) is 0. The van der Waals surface area contributed by atoms with Crippen molar-refractivity contribution >= 4 is 0 Å². The summed E-state index contributed by atoms with van der Waals surface area (Å²) in [5.41, 5.74) is 1.97.